The molecule has 108 valence electrons. The highest BCUT2D eigenvalue weighted by molar-refractivity contribution is 9.10. The molecule has 20 heavy (non-hydrogen) atoms. The molecular formula is C10H9BrClFN4O2S. The fourth-order valence-corrected chi connectivity index (χ4v) is 3.23. The molecule has 0 aliphatic heterocycles. The Bertz CT molecular complexity index is 778. The molecule has 0 aliphatic rings. The van der Waals surface area contributed by atoms with Crippen LogP contribution >= 0.6 is 27.5 Å². The SMILES string of the molecule is Cn1nccc1NS(=O)(=O)c1cc(Cl)c(Br)c(N)c1F. The van der Waals surface area contributed by atoms with E-state index in [2.05, 4.69) is 25.8 Å². The van der Waals surface area contributed by atoms with Crippen molar-refractivity contribution in [2.45, 2.75) is 4.90 Å². The van der Waals surface area contributed by atoms with Gasteiger partial charge in [-0.05, 0) is 22.0 Å². The van der Waals surface area contributed by atoms with E-state index in [1.807, 2.05) is 0 Å². The first-order valence-corrected chi connectivity index (χ1v) is 7.83. The predicted octanol–water partition coefficient (Wildman–Crippen LogP) is 2.36. The van der Waals surface area contributed by atoms with Crippen molar-refractivity contribution in [2.75, 3.05) is 10.5 Å². The number of sulfonamides is 1. The summed E-state index contributed by atoms with van der Waals surface area (Å²) in [4.78, 5) is -0.635. The van der Waals surface area contributed by atoms with Crippen LogP contribution in [0.2, 0.25) is 5.02 Å². The molecule has 2 aromatic rings. The smallest absolute Gasteiger partial charge is 0.266 e. The zero-order valence-corrected chi connectivity index (χ0v) is 13.2. The Balaban J connectivity index is 2.53. The van der Waals surface area contributed by atoms with Gasteiger partial charge in [-0.25, -0.2) is 12.8 Å². The lowest BCUT2D eigenvalue weighted by Crippen LogP contribution is -2.17. The summed E-state index contributed by atoms with van der Waals surface area (Å²) >= 11 is 8.78. The van der Waals surface area contributed by atoms with Crippen LogP contribution in [0.4, 0.5) is 15.9 Å². The third-order valence-electron chi connectivity index (χ3n) is 2.51. The largest absolute Gasteiger partial charge is 0.395 e. The van der Waals surface area contributed by atoms with Crippen molar-refractivity contribution in [3.8, 4) is 0 Å². The lowest BCUT2D eigenvalue weighted by atomic mass is 10.3. The number of anilines is 2. The van der Waals surface area contributed by atoms with Gasteiger partial charge in [0, 0.05) is 13.1 Å². The number of hydrogen-bond acceptors (Lipinski definition) is 4. The van der Waals surface area contributed by atoms with Crippen LogP contribution in [-0.4, -0.2) is 18.2 Å². The van der Waals surface area contributed by atoms with Crippen LogP contribution in [0.15, 0.2) is 27.7 Å². The first kappa shape index (κ1) is 15.1. The van der Waals surface area contributed by atoms with E-state index >= 15 is 0 Å². The maximum Gasteiger partial charge on any atom is 0.266 e. The molecule has 0 amide bonds. The zero-order chi connectivity index (χ0) is 15.1. The van der Waals surface area contributed by atoms with Crippen molar-refractivity contribution in [2.24, 2.45) is 7.05 Å². The van der Waals surface area contributed by atoms with Gasteiger partial charge in [-0.2, -0.15) is 5.10 Å². The second-order valence-electron chi connectivity index (χ2n) is 3.84. The van der Waals surface area contributed by atoms with Gasteiger partial charge in [0.1, 0.15) is 10.7 Å². The number of halogens is 3. The summed E-state index contributed by atoms with van der Waals surface area (Å²) in [6.07, 6.45) is 1.40. The lowest BCUT2D eigenvalue weighted by Gasteiger charge is -2.11. The first-order chi connectivity index (χ1) is 9.24. The van der Waals surface area contributed by atoms with Crippen LogP contribution in [0.25, 0.3) is 0 Å². The van der Waals surface area contributed by atoms with Crippen LogP contribution in [0.5, 0.6) is 0 Å². The molecule has 0 aliphatic carbocycles. The number of nitrogens with two attached hydrogens (primary N) is 1. The van der Waals surface area contributed by atoms with Crippen molar-refractivity contribution < 1.29 is 12.8 Å². The van der Waals surface area contributed by atoms with Gasteiger partial charge in [-0.1, -0.05) is 11.6 Å². The van der Waals surface area contributed by atoms with Crippen LogP contribution in [0, 0.1) is 5.82 Å². The number of hydrogen-bond donors (Lipinski definition) is 2. The molecule has 6 nitrogen and oxygen atoms in total. The molecule has 0 fully saturated rings. The normalized spacial score (nSPS) is 11.6. The summed E-state index contributed by atoms with van der Waals surface area (Å²) in [5.74, 6) is -0.891. The van der Waals surface area contributed by atoms with Crippen molar-refractivity contribution in [3.05, 3.63) is 33.6 Å². The molecule has 10 heteroatoms. The molecule has 0 unspecified atom stereocenters. The highest BCUT2D eigenvalue weighted by Crippen LogP contribution is 2.35. The van der Waals surface area contributed by atoms with E-state index in [9.17, 15) is 12.8 Å². The maximum atomic E-state index is 14.0. The minimum Gasteiger partial charge on any atom is -0.395 e. The lowest BCUT2D eigenvalue weighted by molar-refractivity contribution is 0.572. The van der Waals surface area contributed by atoms with E-state index in [4.69, 9.17) is 17.3 Å². The Morgan fingerprint density at radius 2 is 2.20 bits per heavy atom. The van der Waals surface area contributed by atoms with E-state index in [0.29, 0.717) is 0 Å². The molecule has 0 saturated heterocycles. The number of aryl methyl sites for hydroxylation is 1. The van der Waals surface area contributed by atoms with Gasteiger partial charge >= 0.3 is 0 Å². The summed E-state index contributed by atoms with van der Waals surface area (Å²) in [5.41, 5.74) is 5.10. The fraction of sp³-hybridized carbons (Fsp3) is 0.100. The highest BCUT2D eigenvalue weighted by Gasteiger charge is 2.25. The Hall–Kier alpha value is -1.32. The molecule has 3 N–H and O–H groups in total. The van der Waals surface area contributed by atoms with E-state index in [-0.39, 0.29) is 21.0 Å². The van der Waals surface area contributed by atoms with Gasteiger partial charge in [0.2, 0.25) is 0 Å². The van der Waals surface area contributed by atoms with Gasteiger partial charge in [0.15, 0.2) is 5.82 Å². The van der Waals surface area contributed by atoms with E-state index < -0.39 is 20.7 Å². The van der Waals surface area contributed by atoms with Gasteiger partial charge in [-0.15, -0.1) is 0 Å². The highest BCUT2D eigenvalue weighted by atomic mass is 79.9. The summed E-state index contributed by atoms with van der Waals surface area (Å²) in [6, 6.07) is 2.41. The molecule has 0 saturated carbocycles. The number of nitrogen functional groups attached to an aromatic ring is 1. The Kier molecular flexibility index (Phi) is 3.94. The standard InChI is InChI=1S/C10H9BrClFN4O2S/c1-17-7(2-3-15-17)16-20(18,19)6-4-5(12)8(11)10(14)9(6)13/h2-4,16H,14H2,1H3. The van der Waals surface area contributed by atoms with Crippen LogP contribution < -0.4 is 10.5 Å². The Morgan fingerprint density at radius 1 is 1.55 bits per heavy atom. The minimum atomic E-state index is -4.17. The first-order valence-electron chi connectivity index (χ1n) is 5.18. The maximum absolute atomic E-state index is 14.0. The third kappa shape index (κ3) is 2.60. The van der Waals surface area contributed by atoms with E-state index in [1.165, 1.54) is 24.0 Å². The van der Waals surface area contributed by atoms with Crippen LogP contribution in [0.1, 0.15) is 0 Å². The zero-order valence-electron chi connectivity index (χ0n) is 10.1. The van der Waals surface area contributed by atoms with E-state index in [0.717, 1.165) is 6.07 Å². The molecule has 0 spiro atoms. The monoisotopic (exact) mass is 382 g/mol. The molecular weight excluding hydrogens is 375 g/mol. The third-order valence-corrected chi connectivity index (χ3v) is 5.24. The van der Waals surface area contributed by atoms with Crippen LogP contribution in [-0.2, 0) is 17.1 Å². The number of nitrogens with zero attached hydrogens (tertiary/aromatic N) is 2. The molecule has 0 atom stereocenters. The predicted molar refractivity (Wildman–Crippen MR) is 77.5 cm³/mol. The van der Waals surface area contributed by atoms with Crippen LogP contribution in [0.3, 0.4) is 0 Å². The van der Waals surface area contributed by atoms with Crippen molar-refractivity contribution in [1.29, 1.82) is 0 Å². The quantitative estimate of drug-likeness (QED) is 0.629. The average molecular weight is 384 g/mol. The molecule has 1 aromatic heterocycles. The number of benzene rings is 1. The molecule has 1 aromatic carbocycles. The molecule has 0 bridgehead atoms. The second kappa shape index (κ2) is 5.23. The van der Waals surface area contributed by atoms with Gasteiger partial charge in [-0.3, -0.25) is 9.40 Å². The van der Waals surface area contributed by atoms with Crippen molar-refractivity contribution >= 4 is 49.1 Å². The summed E-state index contributed by atoms with van der Waals surface area (Å²) in [6.45, 7) is 0. The summed E-state index contributed by atoms with van der Waals surface area (Å²) in [5, 5.41) is 3.80. The summed E-state index contributed by atoms with van der Waals surface area (Å²) < 4.78 is 41.9. The van der Waals surface area contributed by atoms with Crippen molar-refractivity contribution in [3.63, 3.8) is 0 Å². The Labute approximate surface area is 127 Å². The summed E-state index contributed by atoms with van der Waals surface area (Å²) in [7, 11) is -2.63. The topological polar surface area (TPSA) is 90.0 Å². The Morgan fingerprint density at radius 3 is 2.75 bits per heavy atom. The molecule has 2 rings (SSSR count). The number of rotatable bonds is 3. The molecule has 1 heterocycles. The van der Waals surface area contributed by atoms with Gasteiger partial charge in [0.25, 0.3) is 10.0 Å². The van der Waals surface area contributed by atoms with Gasteiger partial charge < -0.3 is 5.73 Å². The van der Waals surface area contributed by atoms with E-state index in [1.54, 1.807) is 0 Å². The van der Waals surface area contributed by atoms with Crippen molar-refractivity contribution in [1.82, 2.24) is 9.78 Å². The fourth-order valence-electron chi connectivity index (χ4n) is 1.46. The van der Waals surface area contributed by atoms with Gasteiger partial charge in [0.05, 0.1) is 21.4 Å². The minimum absolute atomic E-state index is 0.00530. The number of aromatic nitrogens is 2. The number of nitrogens with one attached hydrogen (secondary N) is 1. The average Bonchev–Trinajstić information content (AvgIpc) is 2.76. The molecule has 0 radical (unpaired) electrons. The second-order valence-corrected chi connectivity index (χ2v) is 6.69.